The lowest BCUT2D eigenvalue weighted by atomic mass is 10.0. The highest BCUT2D eigenvalue weighted by molar-refractivity contribution is 5.40. The zero-order valence-corrected chi connectivity index (χ0v) is 8.39. The van der Waals surface area contributed by atoms with Gasteiger partial charge < -0.3 is 0 Å². The minimum Gasteiger partial charge on any atom is -0.245 e. The van der Waals surface area contributed by atoms with Crippen molar-refractivity contribution in [2.24, 2.45) is 0 Å². The Balaban J connectivity index is 2.39. The van der Waals surface area contributed by atoms with Crippen molar-refractivity contribution in [3.63, 3.8) is 0 Å². The van der Waals surface area contributed by atoms with Crippen molar-refractivity contribution in [2.75, 3.05) is 0 Å². The summed E-state index contributed by atoms with van der Waals surface area (Å²) >= 11 is 0. The maximum atomic E-state index is 13.5. The molecule has 1 heterocycles. The lowest BCUT2D eigenvalue weighted by Crippen LogP contribution is -1.97. The molecular formula is C12H8FN3. The second-order valence-electron chi connectivity index (χ2n) is 3.30. The van der Waals surface area contributed by atoms with Gasteiger partial charge in [0, 0.05) is 24.4 Å². The summed E-state index contributed by atoms with van der Waals surface area (Å²) in [6.07, 6.45) is 4.97. The molecule has 2 rings (SSSR count). The lowest BCUT2D eigenvalue weighted by molar-refractivity contribution is 0.613. The normalized spacial score (nSPS) is 9.75. The number of nitriles is 1. The maximum absolute atomic E-state index is 13.5. The molecule has 0 unspecified atom stereocenters. The van der Waals surface area contributed by atoms with Crippen LogP contribution in [0, 0.1) is 17.1 Å². The van der Waals surface area contributed by atoms with Crippen LogP contribution in [0.25, 0.3) is 0 Å². The molecule has 0 saturated carbocycles. The quantitative estimate of drug-likeness (QED) is 0.767. The fourth-order valence-electron chi connectivity index (χ4n) is 1.47. The van der Waals surface area contributed by atoms with E-state index in [1.54, 1.807) is 18.5 Å². The van der Waals surface area contributed by atoms with Crippen LogP contribution >= 0.6 is 0 Å². The van der Waals surface area contributed by atoms with Crippen LogP contribution in [0.5, 0.6) is 0 Å². The van der Waals surface area contributed by atoms with E-state index >= 15 is 0 Å². The van der Waals surface area contributed by atoms with Crippen LogP contribution in [-0.2, 0) is 6.42 Å². The van der Waals surface area contributed by atoms with E-state index in [0.29, 0.717) is 17.5 Å². The molecule has 0 aliphatic rings. The highest BCUT2D eigenvalue weighted by atomic mass is 19.1. The number of aromatic nitrogens is 2. The van der Waals surface area contributed by atoms with Gasteiger partial charge in [-0.2, -0.15) is 5.26 Å². The summed E-state index contributed by atoms with van der Waals surface area (Å²) < 4.78 is 13.5. The van der Waals surface area contributed by atoms with E-state index in [4.69, 9.17) is 5.26 Å². The molecule has 4 heteroatoms. The molecule has 0 spiro atoms. The van der Waals surface area contributed by atoms with Crippen LogP contribution in [0.2, 0.25) is 0 Å². The highest BCUT2D eigenvalue weighted by Crippen LogP contribution is 2.16. The van der Waals surface area contributed by atoms with Gasteiger partial charge in [-0.1, -0.05) is 6.07 Å². The molecule has 0 bridgehead atoms. The first kappa shape index (κ1) is 10.2. The van der Waals surface area contributed by atoms with E-state index in [1.807, 2.05) is 6.07 Å². The third kappa shape index (κ3) is 2.04. The van der Waals surface area contributed by atoms with Crippen LogP contribution in [0.15, 0.2) is 36.9 Å². The van der Waals surface area contributed by atoms with Crippen LogP contribution in [-0.4, -0.2) is 9.97 Å². The van der Waals surface area contributed by atoms with Crippen molar-refractivity contribution in [2.45, 2.75) is 6.42 Å². The molecule has 0 fully saturated rings. The second-order valence-corrected chi connectivity index (χ2v) is 3.30. The molecule has 0 N–H and O–H groups in total. The number of hydrogen-bond donors (Lipinski definition) is 0. The first-order valence-electron chi connectivity index (χ1n) is 4.72. The van der Waals surface area contributed by atoms with Crippen LogP contribution in [0.1, 0.15) is 16.7 Å². The lowest BCUT2D eigenvalue weighted by Gasteiger charge is -2.04. The summed E-state index contributed by atoms with van der Waals surface area (Å²) in [6, 6.07) is 6.45. The number of rotatable bonds is 2. The van der Waals surface area contributed by atoms with Crippen molar-refractivity contribution >= 4 is 0 Å². The Bertz CT molecular complexity index is 532. The Morgan fingerprint density at radius 1 is 1.25 bits per heavy atom. The van der Waals surface area contributed by atoms with E-state index in [-0.39, 0.29) is 5.82 Å². The van der Waals surface area contributed by atoms with Crippen molar-refractivity contribution in [1.29, 1.82) is 5.26 Å². The van der Waals surface area contributed by atoms with E-state index in [9.17, 15) is 4.39 Å². The van der Waals surface area contributed by atoms with Gasteiger partial charge in [0.05, 0.1) is 11.6 Å². The van der Waals surface area contributed by atoms with E-state index < -0.39 is 0 Å². The monoisotopic (exact) mass is 213 g/mol. The smallest absolute Gasteiger partial charge is 0.128 e. The molecular weight excluding hydrogens is 205 g/mol. The summed E-state index contributed by atoms with van der Waals surface area (Å²) in [6.45, 7) is 0. The predicted molar refractivity (Wildman–Crippen MR) is 56.0 cm³/mol. The van der Waals surface area contributed by atoms with Crippen LogP contribution < -0.4 is 0 Å². The minimum absolute atomic E-state index is 0.330. The zero-order chi connectivity index (χ0) is 11.4. The molecule has 0 atom stereocenters. The Kier molecular flexibility index (Phi) is 2.88. The number of halogens is 1. The molecule has 1 aromatic heterocycles. The Morgan fingerprint density at radius 2 is 2.00 bits per heavy atom. The predicted octanol–water partition coefficient (Wildman–Crippen LogP) is 2.08. The summed E-state index contributed by atoms with van der Waals surface area (Å²) in [5.74, 6) is -0.372. The van der Waals surface area contributed by atoms with Crippen molar-refractivity contribution in [3.05, 3.63) is 59.4 Å². The fourth-order valence-corrected chi connectivity index (χ4v) is 1.47. The van der Waals surface area contributed by atoms with Gasteiger partial charge in [0.2, 0.25) is 0 Å². The van der Waals surface area contributed by atoms with Gasteiger partial charge in [0.25, 0.3) is 0 Å². The molecule has 2 aromatic rings. The van der Waals surface area contributed by atoms with Crippen LogP contribution in [0.3, 0.4) is 0 Å². The minimum atomic E-state index is -0.372. The molecule has 0 saturated heterocycles. The van der Waals surface area contributed by atoms with Gasteiger partial charge in [-0.15, -0.1) is 0 Å². The Hall–Kier alpha value is -2.28. The van der Waals surface area contributed by atoms with Crippen LogP contribution in [0.4, 0.5) is 4.39 Å². The van der Waals surface area contributed by atoms with Gasteiger partial charge >= 0.3 is 0 Å². The number of benzene rings is 1. The Labute approximate surface area is 92.2 Å². The highest BCUT2D eigenvalue weighted by Gasteiger charge is 2.08. The second kappa shape index (κ2) is 4.49. The molecule has 78 valence electrons. The third-order valence-electron chi connectivity index (χ3n) is 2.23. The van der Waals surface area contributed by atoms with Gasteiger partial charge in [-0.05, 0) is 17.7 Å². The average Bonchev–Trinajstić information content (AvgIpc) is 2.33. The summed E-state index contributed by atoms with van der Waals surface area (Å²) in [5, 5.41) is 8.87. The maximum Gasteiger partial charge on any atom is 0.128 e. The van der Waals surface area contributed by atoms with Gasteiger partial charge in [0.1, 0.15) is 12.1 Å². The standard InChI is InChI=1S/C12H8FN3/c13-12-3-1-2-10(5-14)11(12)4-9-6-15-8-16-7-9/h1-3,6-8H,4H2. The number of hydrogen-bond acceptors (Lipinski definition) is 3. The third-order valence-corrected chi connectivity index (χ3v) is 2.23. The number of nitrogens with zero attached hydrogens (tertiary/aromatic N) is 3. The van der Waals surface area contributed by atoms with Crippen molar-refractivity contribution < 1.29 is 4.39 Å². The molecule has 0 radical (unpaired) electrons. The molecule has 0 amide bonds. The van der Waals surface area contributed by atoms with E-state index in [0.717, 1.165) is 5.56 Å². The van der Waals surface area contributed by atoms with Crippen molar-refractivity contribution in [1.82, 2.24) is 9.97 Å². The van der Waals surface area contributed by atoms with Gasteiger partial charge in [-0.25, -0.2) is 14.4 Å². The summed E-state index contributed by atoms with van der Waals surface area (Å²) in [5.41, 5.74) is 1.52. The molecule has 3 nitrogen and oxygen atoms in total. The Morgan fingerprint density at radius 3 is 2.69 bits per heavy atom. The molecule has 0 aliphatic heterocycles. The molecule has 0 aliphatic carbocycles. The topological polar surface area (TPSA) is 49.6 Å². The van der Waals surface area contributed by atoms with E-state index in [2.05, 4.69) is 9.97 Å². The first-order chi connectivity index (χ1) is 7.81. The average molecular weight is 213 g/mol. The molecule has 16 heavy (non-hydrogen) atoms. The van der Waals surface area contributed by atoms with Gasteiger partial charge in [0.15, 0.2) is 0 Å². The van der Waals surface area contributed by atoms with Gasteiger partial charge in [-0.3, -0.25) is 0 Å². The van der Waals surface area contributed by atoms with E-state index in [1.165, 1.54) is 18.5 Å². The largest absolute Gasteiger partial charge is 0.245 e. The SMILES string of the molecule is N#Cc1cccc(F)c1Cc1cncnc1. The molecule has 1 aromatic carbocycles. The summed E-state index contributed by atoms with van der Waals surface area (Å²) in [7, 11) is 0. The zero-order valence-electron chi connectivity index (χ0n) is 8.39. The first-order valence-corrected chi connectivity index (χ1v) is 4.72. The summed E-state index contributed by atoms with van der Waals surface area (Å²) in [4.78, 5) is 7.70. The fraction of sp³-hybridized carbons (Fsp3) is 0.0833. The van der Waals surface area contributed by atoms with Crippen molar-refractivity contribution in [3.8, 4) is 6.07 Å².